The van der Waals surface area contributed by atoms with Gasteiger partial charge in [0.2, 0.25) is 0 Å². The van der Waals surface area contributed by atoms with Gasteiger partial charge in [-0.25, -0.2) is 14.7 Å². The van der Waals surface area contributed by atoms with Gasteiger partial charge in [0.25, 0.3) is 0 Å². The van der Waals surface area contributed by atoms with Crippen molar-refractivity contribution >= 4 is 29.2 Å². The predicted molar refractivity (Wildman–Crippen MR) is 97.6 cm³/mol. The monoisotopic (exact) mass is 423 g/mol. The van der Waals surface area contributed by atoms with Crippen LogP contribution in [-0.4, -0.2) is 38.7 Å². The molecule has 2 fully saturated rings. The third-order valence-electron chi connectivity index (χ3n) is 5.10. The number of aromatic nitrogens is 1. The van der Waals surface area contributed by atoms with E-state index >= 15 is 0 Å². The molecule has 1 aromatic heterocycles. The van der Waals surface area contributed by atoms with Gasteiger partial charge in [-0.05, 0) is 25.0 Å². The topological polar surface area (TPSA) is 70.6 Å². The van der Waals surface area contributed by atoms with Crippen molar-refractivity contribution in [3.63, 3.8) is 0 Å². The van der Waals surface area contributed by atoms with Crippen molar-refractivity contribution in [3.05, 3.63) is 40.9 Å². The van der Waals surface area contributed by atoms with Gasteiger partial charge in [-0.15, -0.1) is 11.3 Å². The molecule has 1 aromatic carbocycles. The SMILES string of the molecule is O=C1C(=O)N(C2CCCC2)C(=O)N1Cc1csc(-c2ccc(C(F)(F)F)cc2)n1. The van der Waals surface area contributed by atoms with Crippen LogP contribution in [0.25, 0.3) is 10.6 Å². The van der Waals surface area contributed by atoms with Crippen molar-refractivity contribution in [2.45, 2.75) is 44.4 Å². The Hall–Kier alpha value is -2.75. The lowest BCUT2D eigenvalue weighted by Crippen LogP contribution is -2.39. The Morgan fingerprint density at radius 2 is 1.69 bits per heavy atom. The third kappa shape index (κ3) is 3.64. The average molecular weight is 423 g/mol. The zero-order valence-corrected chi connectivity index (χ0v) is 15.9. The van der Waals surface area contributed by atoms with Gasteiger partial charge in [0.1, 0.15) is 5.01 Å². The molecule has 2 heterocycles. The van der Waals surface area contributed by atoms with Crippen LogP contribution in [0.5, 0.6) is 0 Å². The summed E-state index contributed by atoms with van der Waals surface area (Å²) in [5.74, 6) is -1.67. The molecule has 4 amide bonds. The molecule has 1 aliphatic heterocycles. The number of rotatable bonds is 4. The highest BCUT2D eigenvalue weighted by Gasteiger charge is 2.48. The summed E-state index contributed by atoms with van der Waals surface area (Å²) < 4.78 is 38.1. The molecule has 0 spiro atoms. The summed E-state index contributed by atoms with van der Waals surface area (Å²) in [6.07, 6.45) is -1.18. The van der Waals surface area contributed by atoms with E-state index in [-0.39, 0.29) is 12.6 Å². The number of urea groups is 1. The highest BCUT2D eigenvalue weighted by Crippen LogP contribution is 2.32. The second-order valence-electron chi connectivity index (χ2n) is 7.01. The molecule has 0 unspecified atom stereocenters. The number of nitrogens with zero attached hydrogens (tertiary/aromatic N) is 3. The zero-order valence-electron chi connectivity index (χ0n) is 15.1. The Labute approximate surface area is 167 Å². The maximum absolute atomic E-state index is 12.7. The Kier molecular flexibility index (Phi) is 4.89. The smallest absolute Gasteiger partial charge is 0.263 e. The first kappa shape index (κ1) is 19.6. The van der Waals surface area contributed by atoms with E-state index in [0.29, 0.717) is 29.1 Å². The predicted octanol–water partition coefficient (Wildman–Crippen LogP) is 4.06. The van der Waals surface area contributed by atoms with Gasteiger partial charge in [0.05, 0.1) is 17.8 Å². The van der Waals surface area contributed by atoms with Crippen molar-refractivity contribution in [2.75, 3.05) is 0 Å². The summed E-state index contributed by atoms with van der Waals surface area (Å²) in [5.41, 5.74) is 0.140. The van der Waals surface area contributed by atoms with Crippen molar-refractivity contribution in [1.29, 1.82) is 0 Å². The van der Waals surface area contributed by atoms with E-state index in [9.17, 15) is 27.6 Å². The summed E-state index contributed by atoms with van der Waals surface area (Å²) in [6.45, 7) is -0.149. The van der Waals surface area contributed by atoms with Crippen LogP contribution in [0.3, 0.4) is 0 Å². The van der Waals surface area contributed by atoms with Gasteiger partial charge in [0.15, 0.2) is 0 Å². The molecule has 2 aromatic rings. The lowest BCUT2D eigenvalue weighted by atomic mass is 10.1. The number of hydrogen-bond donors (Lipinski definition) is 0. The molecule has 152 valence electrons. The van der Waals surface area contributed by atoms with E-state index in [0.717, 1.165) is 34.8 Å². The molecule has 29 heavy (non-hydrogen) atoms. The number of benzene rings is 1. The second-order valence-corrected chi connectivity index (χ2v) is 7.86. The highest BCUT2D eigenvalue weighted by molar-refractivity contribution is 7.13. The number of carbonyl (C=O) groups is 3. The normalized spacial score (nSPS) is 18.4. The highest BCUT2D eigenvalue weighted by atomic mass is 32.1. The van der Waals surface area contributed by atoms with Gasteiger partial charge in [-0.1, -0.05) is 25.0 Å². The minimum Gasteiger partial charge on any atom is -0.263 e. The lowest BCUT2D eigenvalue weighted by Gasteiger charge is -2.20. The molecule has 0 N–H and O–H groups in total. The summed E-state index contributed by atoms with van der Waals surface area (Å²) >= 11 is 1.19. The van der Waals surface area contributed by atoms with Crippen molar-refractivity contribution in [1.82, 2.24) is 14.8 Å². The number of imide groups is 2. The fraction of sp³-hybridized carbons (Fsp3) is 0.368. The van der Waals surface area contributed by atoms with E-state index in [1.165, 1.54) is 23.5 Å². The zero-order chi connectivity index (χ0) is 20.8. The first-order valence-corrected chi connectivity index (χ1v) is 9.94. The van der Waals surface area contributed by atoms with E-state index in [1.807, 2.05) is 0 Å². The molecule has 4 rings (SSSR count). The van der Waals surface area contributed by atoms with Crippen LogP contribution in [0.1, 0.15) is 36.9 Å². The molecule has 0 bridgehead atoms. The minimum absolute atomic E-state index is 0.149. The maximum Gasteiger partial charge on any atom is 0.416 e. The average Bonchev–Trinajstić information content (AvgIpc) is 3.40. The van der Waals surface area contributed by atoms with Gasteiger partial charge in [-0.3, -0.25) is 14.5 Å². The minimum atomic E-state index is -4.42. The summed E-state index contributed by atoms with van der Waals surface area (Å²) in [4.78, 5) is 43.4. The number of halogens is 3. The quantitative estimate of drug-likeness (QED) is 0.549. The summed E-state index contributed by atoms with van der Waals surface area (Å²) in [5, 5.41) is 2.09. The fourth-order valence-electron chi connectivity index (χ4n) is 3.62. The van der Waals surface area contributed by atoms with Crippen molar-refractivity contribution < 1.29 is 27.6 Å². The van der Waals surface area contributed by atoms with E-state index in [2.05, 4.69) is 4.98 Å². The summed E-state index contributed by atoms with van der Waals surface area (Å²) in [7, 11) is 0. The van der Waals surface area contributed by atoms with E-state index in [1.54, 1.807) is 5.38 Å². The number of alkyl halides is 3. The van der Waals surface area contributed by atoms with Crippen LogP contribution in [0, 0.1) is 0 Å². The molecule has 1 saturated carbocycles. The Balaban J connectivity index is 1.49. The molecule has 0 atom stereocenters. The molecule has 1 aliphatic carbocycles. The van der Waals surface area contributed by atoms with Crippen molar-refractivity contribution in [3.8, 4) is 10.6 Å². The molecule has 10 heteroatoms. The van der Waals surface area contributed by atoms with Crippen LogP contribution in [0.4, 0.5) is 18.0 Å². The van der Waals surface area contributed by atoms with Gasteiger partial charge in [-0.2, -0.15) is 13.2 Å². The first-order chi connectivity index (χ1) is 13.8. The van der Waals surface area contributed by atoms with Crippen LogP contribution in [-0.2, 0) is 22.3 Å². The van der Waals surface area contributed by atoms with E-state index < -0.39 is 29.6 Å². The fourth-order valence-corrected chi connectivity index (χ4v) is 4.44. The number of thiazole rings is 1. The van der Waals surface area contributed by atoms with Crippen LogP contribution < -0.4 is 0 Å². The van der Waals surface area contributed by atoms with Gasteiger partial charge >= 0.3 is 24.0 Å². The Morgan fingerprint density at radius 1 is 1.03 bits per heavy atom. The number of amides is 4. The Morgan fingerprint density at radius 3 is 2.31 bits per heavy atom. The lowest BCUT2D eigenvalue weighted by molar-refractivity contribution is -0.144. The second kappa shape index (κ2) is 7.25. The van der Waals surface area contributed by atoms with Gasteiger partial charge in [0, 0.05) is 17.0 Å². The molecule has 1 saturated heterocycles. The first-order valence-electron chi connectivity index (χ1n) is 9.07. The largest absolute Gasteiger partial charge is 0.416 e. The molecular formula is C19H16F3N3O3S. The maximum atomic E-state index is 12.7. The van der Waals surface area contributed by atoms with E-state index in [4.69, 9.17) is 0 Å². The molecular weight excluding hydrogens is 407 g/mol. The number of carbonyl (C=O) groups excluding carboxylic acids is 3. The van der Waals surface area contributed by atoms with Crippen LogP contribution >= 0.6 is 11.3 Å². The molecule has 0 radical (unpaired) electrons. The van der Waals surface area contributed by atoms with Crippen LogP contribution in [0.2, 0.25) is 0 Å². The standard InChI is InChI=1S/C19H16F3N3O3S/c20-19(21,22)12-7-5-11(6-8-12)15-23-13(10-29-15)9-24-16(26)17(27)25(18(24)28)14-3-1-2-4-14/h5-8,10,14H,1-4,9H2. The van der Waals surface area contributed by atoms with Crippen molar-refractivity contribution in [2.24, 2.45) is 0 Å². The third-order valence-corrected chi connectivity index (χ3v) is 6.04. The molecule has 2 aliphatic rings. The number of hydrogen-bond acceptors (Lipinski definition) is 5. The van der Waals surface area contributed by atoms with Gasteiger partial charge < -0.3 is 0 Å². The summed E-state index contributed by atoms with van der Waals surface area (Å²) in [6, 6.07) is 3.73. The van der Waals surface area contributed by atoms with Crippen LogP contribution in [0.15, 0.2) is 29.6 Å². The Bertz CT molecular complexity index is 965. The molecule has 6 nitrogen and oxygen atoms in total.